The van der Waals surface area contributed by atoms with Gasteiger partial charge < -0.3 is 25.1 Å². The fourth-order valence-corrected chi connectivity index (χ4v) is 6.82. The molecular formula is C20H33NO5Si. The van der Waals surface area contributed by atoms with Crippen molar-refractivity contribution in [1.82, 2.24) is 0 Å². The van der Waals surface area contributed by atoms with E-state index in [0.29, 0.717) is 12.1 Å². The first kappa shape index (κ1) is 22.0. The van der Waals surface area contributed by atoms with Crippen LogP contribution in [-0.2, 0) is 16.0 Å². The van der Waals surface area contributed by atoms with Crippen LogP contribution < -0.4 is 5.32 Å². The molecule has 0 bridgehead atoms. The van der Waals surface area contributed by atoms with Crippen molar-refractivity contribution in [1.29, 1.82) is 0 Å². The van der Waals surface area contributed by atoms with Crippen LogP contribution in [0.4, 0.5) is 5.69 Å². The molecule has 4 N–H and O–H groups in total. The molecule has 152 valence electrons. The van der Waals surface area contributed by atoms with Crippen LogP contribution >= 0.6 is 0 Å². The topological polar surface area (TPSA) is 99.0 Å². The SMILES string of the molecule is C[C@H]1[C@H]([Si](C)(C)O)[C@@H](CCO)O[C@H]1CCc1cccc(NC(=O)[C@H](C)O)c1. The summed E-state index contributed by atoms with van der Waals surface area (Å²) in [5.74, 6) is -0.184. The maximum atomic E-state index is 11.6. The quantitative estimate of drug-likeness (QED) is 0.506. The second kappa shape index (κ2) is 9.30. The lowest BCUT2D eigenvalue weighted by Gasteiger charge is -2.30. The highest BCUT2D eigenvalue weighted by Gasteiger charge is 2.49. The lowest BCUT2D eigenvalue weighted by molar-refractivity contribution is -0.123. The summed E-state index contributed by atoms with van der Waals surface area (Å²) in [5, 5.41) is 21.4. The lowest BCUT2D eigenvalue weighted by Crippen LogP contribution is -2.40. The average Bonchev–Trinajstić information content (AvgIpc) is 2.89. The highest BCUT2D eigenvalue weighted by atomic mass is 28.4. The number of hydrogen-bond donors (Lipinski definition) is 4. The first-order valence-corrected chi connectivity index (χ1v) is 12.7. The van der Waals surface area contributed by atoms with Crippen molar-refractivity contribution in [3.63, 3.8) is 0 Å². The minimum absolute atomic E-state index is 0.0428. The van der Waals surface area contributed by atoms with Crippen LogP contribution in [0, 0.1) is 5.92 Å². The van der Waals surface area contributed by atoms with Crippen molar-refractivity contribution < 1.29 is 24.5 Å². The fraction of sp³-hybridized carbons (Fsp3) is 0.650. The van der Waals surface area contributed by atoms with E-state index in [1.165, 1.54) is 6.92 Å². The van der Waals surface area contributed by atoms with E-state index in [-0.39, 0.29) is 30.3 Å². The van der Waals surface area contributed by atoms with Crippen LogP contribution in [0.3, 0.4) is 0 Å². The number of aliphatic hydroxyl groups is 2. The van der Waals surface area contributed by atoms with Gasteiger partial charge in [0, 0.05) is 17.8 Å². The minimum Gasteiger partial charge on any atom is -0.432 e. The van der Waals surface area contributed by atoms with Crippen LogP contribution in [0.2, 0.25) is 18.6 Å². The number of rotatable bonds is 8. The van der Waals surface area contributed by atoms with Gasteiger partial charge >= 0.3 is 0 Å². The highest BCUT2D eigenvalue weighted by Crippen LogP contribution is 2.45. The smallest absolute Gasteiger partial charge is 0.252 e. The van der Waals surface area contributed by atoms with Crippen LogP contribution in [0.5, 0.6) is 0 Å². The zero-order chi connectivity index (χ0) is 20.2. The summed E-state index contributed by atoms with van der Waals surface area (Å²) in [6, 6.07) is 7.59. The van der Waals surface area contributed by atoms with E-state index in [4.69, 9.17) is 4.74 Å². The molecule has 0 saturated carbocycles. The normalized spacial score (nSPS) is 26.8. The maximum absolute atomic E-state index is 11.6. The molecule has 1 amide bonds. The molecule has 6 nitrogen and oxygen atoms in total. The summed E-state index contributed by atoms with van der Waals surface area (Å²) in [7, 11) is -2.38. The van der Waals surface area contributed by atoms with Crippen molar-refractivity contribution in [2.75, 3.05) is 11.9 Å². The Kier molecular flexibility index (Phi) is 7.59. The number of hydrogen-bond acceptors (Lipinski definition) is 5. The van der Waals surface area contributed by atoms with Gasteiger partial charge in [-0.05, 0) is 62.9 Å². The van der Waals surface area contributed by atoms with E-state index in [9.17, 15) is 19.8 Å². The highest BCUT2D eigenvalue weighted by molar-refractivity contribution is 6.71. The molecule has 7 heteroatoms. The van der Waals surface area contributed by atoms with Gasteiger partial charge in [0.15, 0.2) is 8.32 Å². The van der Waals surface area contributed by atoms with Gasteiger partial charge in [-0.25, -0.2) is 0 Å². The van der Waals surface area contributed by atoms with E-state index >= 15 is 0 Å². The van der Waals surface area contributed by atoms with E-state index in [1.807, 2.05) is 31.3 Å². The number of anilines is 1. The van der Waals surface area contributed by atoms with Crippen LogP contribution in [0.25, 0.3) is 0 Å². The van der Waals surface area contributed by atoms with Gasteiger partial charge in [0.25, 0.3) is 5.91 Å². The molecule has 0 aromatic heterocycles. The Bertz CT molecular complexity index is 631. The van der Waals surface area contributed by atoms with Crippen molar-refractivity contribution in [3.05, 3.63) is 29.8 Å². The van der Waals surface area contributed by atoms with Crippen molar-refractivity contribution >= 4 is 19.9 Å². The molecule has 1 aromatic carbocycles. The van der Waals surface area contributed by atoms with Gasteiger partial charge in [-0.15, -0.1) is 0 Å². The Morgan fingerprint density at radius 2 is 2.00 bits per heavy atom. The van der Waals surface area contributed by atoms with Gasteiger partial charge in [0.1, 0.15) is 6.10 Å². The van der Waals surface area contributed by atoms with E-state index < -0.39 is 20.3 Å². The number of carbonyl (C=O) groups is 1. The Morgan fingerprint density at radius 1 is 1.30 bits per heavy atom. The molecule has 2 rings (SSSR count). The van der Waals surface area contributed by atoms with E-state index in [0.717, 1.165) is 18.4 Å². The number of aliphatic hydroxyl groups excluding tert-OH is 2. The number of carbonyl (C=O) groups excluding carboxylic acids is 1. The fourth-order valence-electron chi connectivity index (χ4n) is 4.17. The third-order valence-corrected chi connectivity index (χ3v) is 7.95. The first-order chi connectivity index (χ1) is 12.6. The summed E-state index contributed by atoms with van der Waals surface area (Å²) in [6.45, 7) is 7.52. The third kappa shape index (κ3) is 5.86. The number of benzene rings is 1. The number of amides is 1. The van der Waals surface area contributed by atoms with Gasteiger partial charge in [-0.1, -0.05) is 19.1 Å². The summed E-state index contributed by atoms with van der Waals surface area (Å²) in [5.41, 5.74) is 1.86. The van der Waals surface area contributed by atoms with Crippen LogP contribution in [0.1, 0.15) is 32.3 Å². The second-order valence-electron chi connectivity index (χ2n) is 8.17. The molecule has 27 heavy (non-hydrogen) atoms. The van der Waals surface area contributed by atoms with Crippen molar-refractivity contribution in [2.45, 2.75) is 70.1 Å². The summed E-state index contributed by atoms with van der Waals surface area (Å²) < 4.78 is 6.21. The molecule has 1 aliphatic rings. The number of aryl methyl sites for hydroxylation is 1. The molecule has 1 aliphatic heterocycles. The van der Waals surface area contributed by atoms with Crippen molar-refractivity contribution in [2.24, 2.45) is 5.92 Å². The standard InChI is InChI=1S/C20H33NO5Si/c1-13-17(26-18(10-11-22)19(13)27(3,4)25)9-8-15-6-5-7-16(12-15)21-20(24)14(2)23/h5-7,12-14,17-19,22-23,25H,8-11H2,1-4H3,(H,21,24)/t13-,14+,17+,18-,19+/m1/s1. The largest absolute Gasteiger partial charge is 0.432 e. The molecule has 1 saturated heterocycles. The predicted molar refractivity (Wildman–Crippen MR) is 108 cm³/mol. The molecule has 1 heterocycles. The Balaban J connectivity index is 2.01. The van der Waals surface area contributed by atoms with Crippen LogP contribution in [0.15, 0.2) is 24.3 Å². The predicted octanol–water partition coefficient (Wildman–Crippen LogP) is 2.29. The van der Waals surface area contributed by atoms with Crippen molar-refractivity contribution in [3.8, 4) is 0 Å². The van der Waals surface area contributed by atoms with Gasteiger partial charge in [-0.3, -0.25) is 4.79 Å². The number of nitrogens with one attached hydrogen (secondary N) is 1. The zero-order valence-electron chi connectivity index (χ0n) is 16.7. The van der Waals surface area contributed by atoms with Gasteiger partial charge in [-0.2, -0.15) is 0 Å². The summed E-state index contributed by atoms with van der Waals surface area (Å²) in [6.07, 6.45) is 1.08. The molecule has 5 atom stereocenters. The monoisotopic (exact) mass is 395 g/mol. The van der Waals surface area contributed by atoms with E-state index in [2.05, 4.69) is 12.2 Å². The maximum Gasteiger partial charge on any atom is 0.252 e. The molecule has 1 aromatic rings. The van der Waals surface area contributed by atoms with Crippen LogP contribution in [-0.4, -0.2) is 54.2 Å². The van der Waals surface area contributed by atoms with E-state index in [1.54, 1.807) is 6.07 Å². The second-order valence-corrected chi connectivity index (χ2v) is 12.1. The first-order valence-electron chi connectivity index (χ1n) is 9.70. The molecule has 0 unspecified atom stereocenters. The zero-order valence-corrected chi connectivity index (χ0v) is 17.7. The Labute approximate surface area is 162 Å². The van der Waals surface area contributed by atoms with Gasteiger partial charge in [0.05, 0.1) is 12.2 Å². The minimum atomic E-state index is -2.38. The lowest BCUT2D eigenvalue weighted by atomic mass is 9.95. The molecule has 1 fully saturated rings. The average molecular weight is 396 g/mol. The summed E-state index contributed by atoms with van der Waals surface area (Å²) in [4.78, 5) is 22.3. The molecule has 0 spiro atoms. The Morgan fingerprint density at radius 3 is 2.59 bits per heavy atom. The van der Waals surface area contributed by atoms with Gasteiger partial charge in [0.2, 0.25) is 0 Å². The molecule has 0 radical (unpaired) electrons. The number of ether oxygens (including phenoxy) is 1. The molecule has 0 aliphatic carbocycles. The third-order valence-electron chi connectivity index (χ3n) is 5.42. The molecular weight excluding hydrogens is 362 g/mol. The summed E-state index contributed by atoms with van der Waals surface area (Å²) >= 11 is 0. The Hall–Kier alpha value is -1.25.